The summed E-state index contributed by atoms with van der Waals surface area (Å²) in [7, 11) is -3.73. The summed E-state index contributed by atoms with van der Waals surface area (Å²) in [5, 5.41) is 2.36. The summed E-state index contributed by atoms with van der Waals surface area (Å²) in [5.41, 5.74) is 1.74. The first-order valence-electron chi connectivity index (χ1n) is 9.28. The molecule has 0 aliphatic carbocycles. The Morgan fingerprint density at radius 3 is 2.31 bits per heavy atom. The third-order valence-electron chi connectivity index (χ3n) is 4.62. The number of rotatable bonds is 6. The SMILES string of the molecule is CS(=O)(=O)N1Cc2ccccc2C[C@H]1C(=O)OCC(=O)Nc1ccc(OC(F)(F)F)cc1. The van der Waals surface area contributed by atoms with Crippen molar-refractivity contribution in [1.82, 2.24) is 4.31 Å². The van der Waals surface area contributed by atoms with Crippen LogP contribution in [0.4, 0.5) is 18.9 Å². The second-order valence-corrected chi connectivity index (χ2v) is 8.96. The number of ether oxygens (including phenoxy) is 2. The molecule has 0 saturated heterocycles. The predicted octanol–water partition coefficient (Wildman–Crippen LogP) is 2.45. The molecule has 0 saturated carbocycles. The number of hydrogen-bond donors (Lipinski definition) is 1. The lowest BCUT2D eigenvalue weighted by molar-refractivity contribution is -0.274. The Morgan fingerprint density at radius 2 is 1.72 bits per heavy atom. The van der Waals surface area contributed by atoms with E-state index in [0.29, 0.717) is 0 Å². The fraction of sp³-hybridized carbons (Fsp3) is 0.300. The molecule has 1 aliphatic rings. The van der Waals surface area contributed by atoms with E-state index in [0.717, 1.165) is 33.8 Å². The Bertz CT molecular complexity index is 1100. The second-order valence-electron chi connectivity index (χ2n) is 7.02. The number of alkyl halides is 3. The summed E-state index contributed by atoms with van der Waals surface area (Å²) in [5.74, 6) is -2.08. The minimum atomic E-state index is -4.83. The Labute approximate surface area is 182 Å². The molecule has 1 N–H and O–H groups in total. The van der Waals surface area contributed by atoms with E-state index in [2.05, 4.69) is 10.1 Å². The third kappa shape index (κ3) is 6.20. The van der Waals surface area contributed by atoms with Crippen LogP contribution in [-0.2, 0) is 37.3 Å². The summed E-state index contributed by atoms with van der Waals surface area (Å²) in [4.78, 5) is 24.6. The van der Waals surface area contributed by atoms with E-state index in [1.54, 1.807) is 24.3 Å². The van der Waals surface area contributed by atoms with Crippen molar-refractivity contribution in [2.45, 2.75) is 25.4 Å². The van der Waals surface area contributed by atoms with Gasteiger partial charge in [0.2, 0.25) is 10.0 Å². The number of hydrogen-bond acceptors (Lipinski definition) is 6. The highest BCUT2D eigenvalue weighted by Gasteiger charge is 2.38. The molecule has 8 nitrogen and oxygen atoms in total. The average molecular weight is 472 g/mol. The van der Waals surface area contributed by atoms with Gasteiger partial charge in [0.1, 0.15) is 11.8 Å². The van der Waals surface area contributed by atoms with Crippen molar-refractivity contribution in [1.29, 1.82) is 0 Å². The molecule has 2 aromatic carbocycles. The van der Waals surface area contributed by atoms with E-state index < -0.39 is 46.7 Å². The Kier molecular flexibility index (Phi) is 6.74. The first kappa shape index (κ1) is 23.5. The van der Waals surface area contributed by atoms with E-state index in [1.807, 2.05) is 0 Å². The lowest BCUT2D eigenvalue weighted by Crippen LogP contribution is -2.49. The van der Waals surface area contributed by atoms with Crippen molar-refractivity contribution in [2.75, 3.05) is 18.2 Å². The number of sulfonamides is 1. The van der Waals surface area contributed by atoms with Crippen LogP contribution in [0.25, 0.3) is 0 Å². The van der Waals surface area contributed by atoms with E-state index in [1.165, 1.54) is 12.1 Å². The second kappa shape index (κ2) is 9.17. The van der Waals surface area contributed by atoms with Crippen LogP contribution in [0.1, 0.15) is 11.1 Å². The van der Waals surface area contributed by atoms with E-state index >= 15 is 0 Å². The van der Waals surface area contributed by atoms with Gasteiger partial charge >= 0.3 is 12.3 Å². The summed E-state index contributed by atoms with van der Waals surface area (Å²) in [6.45, 7) is -0.692. The molecule has 0 bridgehead atoms. The first-order chi connectivity index (χ1) is 14.9. The fourth-order valence-electron chi connectivity index (χ4n) is 3.22. The number of fused-ring (bicyclic) bond motifs is 1. The summed E-state index contributed by atoms with van der Waals surface area (Å²) in [6, 6.07) is 10.4. The first-order valence-corrected chi connectivity index (χ1v) is 11.1. The maximum atomic E-state index is 12.6. The number of nitrogens with one attached hydrogen (secondary N) is 1. The van der Waals surface area contributed by atoms with Crippen molar-refractivity contribution in [3.05, 3.63) is 59.7 Å². The van der Waals surface area contributed by atoms with Crippen LogP contribution in [0, 0.1) is 0 Å². The molecule has 12 heteroatoms. The van der Waals surface area contributed by atoms with Crippen molar-refractivity contribution < 1.29 is 40.7 Å². The Balaban J connectivity index is 1.60. The van der Waals surface area contributed by atoms with E-state index in [9.17, 15) is 31.2 Å². The molecule has 1 atom stereocenters. The molecule has 0 fully saturated rings. The number of anilines is 1. The molecule has 0 aromatic heterocycles. The van der Waals surface area contributed by atoms with Crippen LogP contribution in [0.2, 0.25) is 0 Å². The summed E-state index contributed by atoms with van der Waals surface area (Å²) < 4.78 is 70.6. The molecular weight excluding hydrogens is 453 g/mol. The molecule has 0 radical (unpaired) electrons. The zero-order chi connectivity index (χ0) is 23.5. The number of esters is 1. The van der Waals surface area contributed by atoms with E-state index in [4.69, 9.17) is 4.74 Å². The summed E-state index contributed by atoms with van der Waals surface area (Å²) >= 11 is 0. The van der Waals surface area contributed by atoms with E-state index in [-0.39, 0.29) is 18.7 Å². The highest BCUT2D eigenvalue weighted by Crippen LogP contribution is 2.26. The Hall–Kier alpha value is -3.12. The zero-order valence-corrected chi connectivity index (χ0v) is 17.6. The van der Waals surface area contributed by atoms with Gasteiger partial charge in [0.05, 0.1) is 6.26 Å². The molecule has 1 heterocycles. The smallest absolute Gasteiger partial charge is 0.454 e. The average Bonchev–Trinajstić information content (AvgIpc) is 2.71. The number of amides is 1. The highest BCUT2D eigenvalue weighted by molar-refractivity contribution is 7.88. The van der Waals surface area contributed by atoms with Gasteiger partial charge in [0.15, 0.2) is 6.61 Å². The van der Waals surface area contributed by atoms with Crippen LogP contribution in [-0.4, -0.2) is 49.9 Å². The summed E-state index contributed by atoms with van der Waals surface area (Å²) in [6.07, 6.45) is -3.75. The molecule has 2 aromatic rings. The largest absolute Gasteiger partial charge is 0.573 e. The molecule has 3 rings (SSSR count). The van der Waals surface area contributed by atoms with Gasteiger partial charge in [-0.3, -0.25) is 9.59 Å². The maximum Gasteiger partial charge on any atom is 0.573 e. The third-order valence-corrected chi connectivity index (χ3v) is 5.86. The van der Waals surface area contributed by atoms with Gasteiger partial charge in [0.25, 0.3) is 5.91 Å². The van der Waals surface area contributed by atoms with Crippen molar-refractivity contribution in [3.63, 3.8) is 0 Å². The fourth-order valence-corrected chi connectivity index (χ4v) is 4.21. The Morgan fingerprint density at radius 1 is 1.09 bits per heavy atom. The number of carbonyl (C=O) groups excluding carboxylic acids is 2. The molecule has 1 amide bonds. The van der Waals surface area contributed by atoms with Gasteiger partial charge in [-0.1, -0.05) is 24.3 Å². The van der Waals surface area contributed by atoms with Crippen LogP contribution < -0.4 is 10.1 Å². The van der Waals surface area contributed by atoms with Crippen LogP contribution >= 0.6 is 0 Å². The maximum absolute atomic E-state index is 12.6. The van der Waals surface area contributed by atoms with Crippen molar-refractivity contribution >= 4 is 27.6 Å². The van der Waals surface area contributed by atoms with Gasteiger partial charge in [0, 0.05) is 18.7 Å². The molecule has 172 valence electrons. The minimum Gasteiger partial charge on any atom is -0.454 e. The predicted molar refractivity (Wildman–Crippen MR) is 107 cm³/mol. The number of halogens is 3. The molecule has 1 aliphatic heterocycles. The van der Waals surface area contributed by atoms with Crippen LogP contribution in [0.5, 0.6) is 5.75 Å². The van der Waals surface area contributed by atoms with Gasteiger partial charge in [-0.2, -0.15) is 4.31 Å². The minimum absolute atomic E-state index is 0.00726. The van der Waals surface area contributed by atoms with Gasteiger partial charge in [-0.05, 0) is 35.4 Å². The molecular formula is C20H19F3N2O6S. The molecule has 0 unspecified atom stereocenters. The van der Waals surface area contributed by atoms with Gasteiger partial charge in [-0.25, -0.2) is 8.42 Å². The van der Waals surface area contributed by atoms with Crippen molar-refractivity contribution in [2.24, 2.45) is 0 Å². The number of nitrogens with zero attached hydrogens (tertiary/aromatic N) is 1. The highest BCUT2D eigenvalue weighted by atomic mass is 32.2. The molecule has 32 heavy (non-hydrogen) atoms. The van der Waals surface area contributed by atoms with Gasteiger partial charge in [-0.15, -0.1) is 13.2 Å². The standard InChI is InChI=1S/C20H19F3N2O6S/c1-32(28,29)25-11-14-5-3-2-4-13(14)10-17(25)19(27)30-12-18(26)24-15-6-8-16(9-7-15)31-20(21,22)23/h2-9,17H,10-12H2,1H3,(H,24,26)/t17-/m0/s1. The van der Waals surface area contributed by atoms with Crippen LogP contribution in [0.15, 0.2) is 48.5 Å². The van der Waals surface area contributed by atoms with Crippen molar-refractivity contribution in [3.8, 4) is 5.75 Å². The monoisotopic (exact) mass is 472 g/mol. The lowest BCUT2D eigenvalue weighted by atomic mass is 9.96. The topological polar surface area (TPSA) is 102 Å². The number of carbonyl (C=O) groups is 2. The lowest BCUT2D eigenvalue weighted by Gasteiger charge is -2.33. The van der Waals surface area contributed by atoms with Crippen LogP contribution in [0.3, 0.4) is 0 Å². The normalized spacial score (nSPS) is 16.7. The van der Waals surface area contributed by atoms with Gasteiger partial charge < -0.3 is 14.8 Å². The zero-order valence-electron chi connectivity index (χ0n) is 16.8. The number of benzene rings is 2. The quantitative estimate of drug-likeness (QED) is 0.648. The molecule has 0 spiro atoms.